The predicted molar refractivity (Wildman–Crippen MR) is 99.9 cm³/mol. The second-order valence-corrected chi connectivity index (χ2v) is 14.0. The lowest BCUT2D eigenvalue weighted by atomic mass is 9.78. The highest BCUT2D eigenvalue weighted by molar-refractivity contribution is 6.74. The largest absolute Gasteiger partial charge is 0.543 e. The maximum absolute atomic E-state index is 14.7. The summed E-state index contributed by atoms with van der Waals surface area (Å²) < 4.78 is 46.9. The van der Waals surface area contributed by atoms with Crippen molar-refractivity contribution in [1.29, 1.82) is 0 Å². The third kappa shape index (κ3) is 3.78. The Labute approximate surface area is 151 Å². The van der Waals surface area contributed by atoms with E-state index in [9.17, 15) is 8.78 Å². The molecule has 1 fully saturated rings. The quantitative estimate of drug-likeness (QED) is 0.725. The summed E-state index contributed by atoms with van der Waals surface area (Å²) in [6.45, 7) is 17.7. The van der Waals surface area contributed by atoms with E-state index in [-0.39, 0.29) is 16.3 Å². The van der Waals surface area contributed by atoms with E-state index in [4.69, 9.17) is 13.7 Å². The highest BCUT2D eigenvalue weighted by atomic mass is 28.4. The summed E-state index contributed by atoms with van der Waals surface area (Å²) in [5.41, 5.74) is -1.53. The molecule has 0 saturated carbocycles. The van der Waals surface area contributed by atoms with Crippen molar-refractivity contribution in [2.24, 2.45) is 0 Å². The zero-order valence-corrected chi connectivity index (χ0v) is 17.7. The Bertz CT molecular complexity index is 630. The molecule has 2 rings (SSSR count). The van der Waals surface area contributed by atoms with E-state index < -0.39 is 38.3 Å². The van der Waals surface area contributed by atoms with Crippen molar-refractivity contribution in [1.82, 2.24) is 0 Å². The fourth-order valence-corrected chi connectivity index (χ4v) is 3.27. The van der Waals surface area contributed by atoms with Gasteiger partial charge in [-0.1, -0.05) is 20.8 Å². The molecule has 0 bridgehead atoms. The lowest BCUT2D eigenvalue weighted by molar-refractivity contribution is 0.00578. The van der Waals surface area contributed by atoms with Gasteiger partial charge in [0, 0.05) is 12.1 Å². The van der Waals surface area contributed by atoms with Gasteiger partial charge in [-0.05, 0) is 45.8 Å². The first-order valence-electron chi connectivity index (χ1n) is 8.61. The minimum Gasteiger partial charge on any atom is -0.543 e. The number of rotatable bonds is 3. The Morgan fingerprint density at radius 3 is 1.72 bits per heavy atom. The predicted octanol–water partition coefficient (Wildman–Crippen LogP) is 4.65. The highest BCUT2D eigenvalue weighted by Gasteiger charge is 2.53. The highest BCUT2D eigenvalue weighted by Crippen LogP contribution is 2.39. The summed E-state index contributed by atoms with van der Waals surface area (Å²) >= 11 is 0. The van der Waals surface area contributed by atoms with Gasteiger partial charge in [-0.3, -0.25) is 0 Å². The fourth-order valence-electron chi connectivity index (χ4n) is 2.25. The van der Waals surface area contributed by atoms with Crippen LogP contribution in [0.3, 0.4) is 0 Å². The summed E-state index contributed by atoms with van der Waals surface area (Å²) in [5.74, 6) is -1.22. The van der Waals surface area contributed by atoms with E-state index in [2.05, 4.69) is 20.8 Å². The lowest BCUT2D eigenvalue weighted by Gasteiger charge is -2.36. The molecule has 0 radical (unpaired) electrons. The molecule has 0 unspecified atom stereocenters. The number of benzene rings is 1. The Morgan fingerprint density at radius 1 is 0.960 bits per heavy atom. The van der Waals surface area contributed by atoms with Crippen LogP contribution in [0.1, 0.15) is 48.5 Å². The van der Waals surface area contributed by atoms with Gasteiger partial charge in [0.2, 0.25) is 8.32 Å². The van der Waals surface area contributed by atoms with Gasteiger partial charge in [-0.15, -0.1) is 0 Å². The zero-order valence-electron chi connectivity index (χ0n) is 16.7. The smallest absolute Gasteiger partial charge is 0.500 e. The zero-order chi connectivity index (χ0) is 19.4. The molecule has 1 heterocycles. The molecule has 1 aliphatic heterocycles. The molecule has 0 aromatic heterocycles. The molecule has 25 heavy (non-hydrogen) atoms. The second-order valence-electron chi connectivity index (χ2n) is 9.25. The van der Waals surface area contributed by atoms with E-state index >= 15 is 0 Å². The van der Waals surface area contributed by atoms with E-state index in [0.717, 1.165) is 0 Å². The maximum Gasteiger partial charge on any atom is 0.500 e. The van der Waals surface area contributed by atoms with Crippen LogP contribution in [0, 0.1) is 11.6 Å². The van der Waals surface area contributed by atoms with Crippen LogP contribution < -0.4 is 9.89 Å². The van der Waals surface area contributed by atoms with E-state index in [1.165, 1.54) is 12.1 Å². The van der Waals surface area contributed by atoms with Gasteiger partial charge in [-0.25, -0.2) is 8.78 Å². The van der Waals surface area contributed by atoms with Crippen molar-refractivity contribution in [3.05, 3.63) is 23.8 Å². The minimum atomic E-state index is -2.18. The summed E-state index contributed by atoms with van der Waals surface area (Å²) in [6.07, 6.45) is 0. The molecule has 0 amide bonds. The summed E-state index contributed by atoms with van der Waals surface area (Å²) in [7, 11) is -3.26. The van der Waals surface area contributed by atoms with Crippen LogP contribution >= 0.6 is 0 Å². The van der Waals surface area contributed by atoms with Gasteiger partial charge in [0.25, 0.3) is 0 Å². The molecule has 0 aliphatic carbocycles. The van der Waals surface area contributed by atoms with Crippen LogP contribution in [0.2, 0.25) is 18.1 Å². The summed E-state index contributed by atoms with van der Waals surface area (Å²) in [5, 5.41) is -0.0651. The molecule has 7 heteroatoms. The van der Waals surface area contributed by atoms with Crippen molar-refractivity contribution in [3.63, 3.8) is 0 Å². The fraction of sp³-hybridized carbons (Fsp3) is 0.667. The average Bonchev–Trinajstić information content (AvgIpc) is 2.54. The topological polar surface area (TPSA) is 27.7 Å². The molecular weight excluding hydrogens is 341 g/mol. The molecule has 1 aliphatic rings. The number of halogens is 2. The van der Waals surface area contributed by atoms with Gasteiger partial charge >= 0.3 is 7.12 Å². The molecular formula is C18H29BF2O3Si. The maximum atomic E-state index is 14.7. The van der Waals surface area contributed by atoms with Crippen molar-refractivity contribution < 1.29 is 22.5 Å². The van der Waals surface area contributed by atoms with E-state index in [0.29, 0.717) is 0 Å². The Morgan fingerprint density at radius 2 is 1.36 bits per heavy atom. The van der Waals surface area contributed by atoms with Gasteiger partial charge < -0.3 is 13.7 Å². The number of hydrogen-bond donors (Lipinski definition) is 0. The second kappa shape index (κ2) is 6.06. The monoisotopic (exact) mass is 370 g/mol. The van der Waals surface area contributed by atoms with Crippen LogP contribution in [0.25, 0.3) is 0 Å². The van der Waals surface area contributed by atoms with Crippen molar-refractivity contribution >= 4 is 20.9 Å². The molecule has 0 N–H and O–H groups in total. The van der Waals surface area contributed by atoms with Crippen molar-refractivity contribution in [3.8, 4) is 5.75 Å². The molecule has 3 nitrogen and oxygen atoms in total. The molecule has 140 valence electrons. The van der Waals surface area contributed by atoms with Crippen LogP contribution in [-0.4, -0.2) is 26.6 Å². The minimum absolute atomic E-state index is 0.0651. The lowest BCUT2D eigenvalue weighted by Crippen LogP contribution is -2.44. The van der Waals surface area contributed by atoms with E-state index in [1.54, 1.807) is 0 Å². The van der Waals surface area contributed by atoms with Crippen LogP contribution in [0.15, 0.2) is 12.1 Å². The van der Waals surface area contributed by atoms with Gasteiger partial charge in [0.05, 0.1) is 16.7 Å². The third-order valence-electron chi connectivity index (χ3n) is 5.72. The Balaban J connectivity index is 2.34. The standard InChI is InChI=1S/C18H29BF2O3Si/c1-16(2,3)25(8,9)22-12-10-13(20)15(14(21)11-12)19-23-17(4,5)18(6,7)24-19/h10-11H,1-9H3. The van der Waals surface area contributed by atoms with Crippen molar-refractivity contribution in [2.75, 3.05) is 0 Å². The van der Waals surface area contributed by atoms with Crippen LogP contribution in [-0.2, 0) is 9.31 Å². The molecule has 1 saturated heterocycles. The van der Waals surface area contributed by atoms with Crippen molar-refractivity contribution in [2.45, 2.75) is 77.8 Å². The molecule has 0 atom stereocenters. The van der Waals surface area contributed by atoms with Crippen LogP contribution in [0.4, 0.5) is 8.78 Å². The molecule has 0 spiro atoms. The first kappa shape index (κ1) is 20.4. The first-order chi connectivity index (χ1) is 11.1. The van der Waals surface area contributed by atoms with E-state index in [1.807, 2.05) is 40.8 Å². The summed E-state index contributed by atoms with van der Waals surface area (Å²) in [4.78, 5) is 0. The Hall–Kier alpha value is -0.918. The third-order valence-corrected chi connectivity index (χ3v) is 10.1. The van der Waals surface area contributed by atoms with Gasteiger partial charge in [-0.2, -0.15) is 0 Å². The molecule has 1 aromatic carbocycles. The molecule has 1 aromatic rings. The van der Waals surface area contributed by atoms with Gasteiger partial charge in [0.15, 0.2) is 0 Å². The van der Waals surface area contributed by atoms with Gasteiger partial charge in [0.1, 0.15) is 17.4 Å². The number of hydrogen-bond acceptors (Lipinski definition) is 3. The van der Waals surface area contributed by atoms with Crippen LogP contribution in [0.5, 0.6) is 5.75 Å². The first-order valence-corrected chi connectivity index (χ1v) is 11.5. The summed E-state index contributed by atoms with van der Waals surface area (Å²) in [6, 6.07) is 2.45. The average molecular weight is 370 g/mol. The normalized spacial score (nSPS) is 20.0. The Kier molecular flexibility index (Phi) is 4.95. The SMILES string of the molecule is CC1(C)OB(c2c(F)cc(O[Si](C)(C)C(C)(C)C)cc2F)OC1(C)C.